The van der Waals surface area contributed by atoms with Gasteiger partial charge in [0, 0.05) is 38.7 Å². The molecular weight excluding hydrogens is 707 g/mol. The minimum Gasteiger partial charge on any atom is -0.454 e. The van der Waals surface area contributed by atoms with E-state index in [2.05, 4.69) is 187 Å². The molecule has 0 N–H and O–H groups in total. The third-order valence-electron chi connectivity index (χ3n) is 11.0. The van der Waals surface area contributed by atoms with Gasteiger partial charge in [-0.1, -0.05) is 164 Å². The molecule has 2 heterocycles. The lowest BCUT2D eigenvalue weighted by atomic mass is 9.95. The number of hydrogen-bond donors (Lipinski definition) is 0. The topological polar surface area (TPSA) is 42.2 Å². The summed E-state index contributed by atoms with van der Waals surface area (Å²) in [6.45, 7) is 0. The average molecular weight is 742 g/mol. The number of fused-ring (bicyclic) bond motifs is 6. The maximum absolute atomic E-state index is 6.85. The van der Waals surface area contributed by atoms with E-state index in [9.17, 15) is 0 Å². The molecule has 0 saturated carbocycles. The summed E-state index contributed by atoms with van der Waals surface area (Å²) in [4.78, 5) is 12.9. The average Bonchev–Trinajstić information content (AvgIpc) is 3.70. The van der Waals surface area contributed by atoms with Crippen LogP contribution in [0.1, 0.15) is 0 Å². The van der Waals surface area contributed by atoms with E-state index in [4.69, 9.17) is 14.4 Å². The molecule has 0 amide bonds. The van der Waals surface area contributed by atoms with E-state index in [-0.39, 0.29) is 0 Å². The third kappa shape index (κ3) is 5.78. The molecule has 0 bridgehead atoms. The highest BCUT2D eigenvalue weighted by atomic mass is 16.3. The Morgan fingerprint density at radius 1 is 0.397 bits per heavy atom. The Morgan fingerprint density at radius 3 is 1.67 bits per heavy atom. The van der Waals surface area contributed by atoms with E-state index >= 15 is 0 Å². The first kappa shape index (κ1) is 33.5. The molecule has 0 unspecified atom stereocenters. The molecule has 58 heavy (non-hydrogen) atoms. The molecule has 0 fully saturated rings. The summed E-state index contributed by atoms with van der Waals surface area (Å²) in [6, 6.07) is 74.2. The normalized spacial score (nSPS) is 11.4. The quantitative estimate of drug-likeness (QED) is 0.153. The molecule has 4 nitrogen and oxygen atoms in total. The van der Waals surface area contributed by atoms with Crippen molar-refractivity contribution in [3.05, 3.63) is 212 Å². The Bertz CT molecular complexity index is 3250. The predicted molar refractivity (Wildman–Crippen MR) is 241 cm³/mol. The van der Waals surface area contributed by atoms with Crippen molar-refractivity contribution in [3.63, 3.8) is 0 Å². The van der Waals surface area contributed by atoms with E-state index in [1.807, 2.05) is 30.3 Å². The van der Waals surface area contributed by atoms with Crippen molar-refractivity contribution in [1.29, 1.82) is 0 Å². The number of furan rings is 1. The fourth-order valence-corrected chi connectivity index (χ4v) is 8.28. The second-order valence-electron chi connectivity index (χ2n) is 14.5. The maximum atomic E-state index is 6.85. The molecule has 0 aliphatic rings. The minimum atomic E-state index is 0.833. The van der Waals surface area contributed by atoms with Crippen LogP contribution in [0.3, 0.4) is 0 Å². The van der Waals surface area contributed by atoms with Gasteiger partial charge in [0.1, 0.15) is 5.58 Å². The maximum Gasteiger partial charge on any atom is 0.160 e. The fourth-order valence-electron chi connectivity index (χ4n) is 8.28. The summed E-state index contributed by atoms with van der Waals surface area (Å²) in [6.07, 6.45) is 0. The number of aromatic nitrogens is 2. The van der Waals surface area contributed by atoms with Gasteiger partial charge in [0.2, 0.25) is 0 Å². The fraction of sp³-hybridized carbons (Fsp3) is 0. The van der Waals surface area contributed by atoms with Crippen LogP contribution in [-0.2, 0) is 0 Å². The first-order valence-corrected chi connectivity index (χ1v) is 19.6. The zero-order chi connectivity index (χ0) is 38.4. The van der Waals surface area contributed by atoms with E-state index in [1.54, 1.807) is 0 Å². The number of para-hydroxylation sites is 2. The van der Waals surface area contributed by atoms with Gasteiger partial charge < -0.3 is 9.32 Å². The smallest absolute Gasteiger partial charge is 0.160 e. The zero-order valence-electron chi connectivity index (χ0n) is 31.5. The molecule has 0 saturated heterocycles. The molecule has 4 heteroatoms. The first-order chi connectivity index (χ1) is 28.8. The van der Waals surface area contributed by atoms with Crippen LogP contribution in [0.4, 0.5) is 17.1 Å². The molecule has 9 aromatic carbocycles. The van der Waals surface area contributed by atoms with Gasteiger partial charge in [-0.2, -0.15) is 0 Å². The molecule has 0 spiro atoms. The summed E-state index contributed by atoms with van der Waals surface area (Å²) in [7, 11) is 0. The van der Waals surface area contributed by atoms with Crippen molar-refractivity contribution in [3.8, 4) is 44.8 Å². The van der Waals surface area contributed by atoms with Crippen molar-refractivity contribution in [2.45, 2.75) is 0 Å². The number of hydrogen-bond acceptors (Lipinski definition) is 4. The Balaban J connectivity index is 1.08. The van der Waals surface area contributed by atoms with Crippen molar-refractivity contribution < 1.29 is 4.42 Å². The lowest BCUT2D eigenvalue weighted by Gasteiger charge is -2.26. The molecule has 272 valence electrons. The van der Waals surface area contributed by atoms with Gasteiger partial charge in [0.25, 0.3) is 0 Å². The Kier molecular flexibility index (Phi) is 8.11. The van der Waals surface area contributed by atoms with E-state index in [0.717, 1.165) is 94.4 Å². The second-order valence-corrected chi connectivity index (χ2v) is 14.5. The van der Waals surface area contributed by atoms with Gasteiger partial charge in [0.05, 0.1) is 28.1 Å². The summed E-state index contributed by atoms with van der Waals surface area (Å²) in [5.41, 5.74) is 14.9. The van der Waals surface area contributed by atoms with E-state index in [0.29, 0.717) is 0 Å². The van der Waals surface area contributed by atoms with Crippen LogP contribution in [0, 0.1) is 0 Å². The number of benzene rings is 9. The van der Waals surface area contributed by atoms with Crippen LogP contribution in [0.5, 0.6) is 0 Å². The summed E-state index contributed by atoms with van der Waals surface area (Å²) < 4.78 is 6.85. The summed E-state index contributed by atoms with van der Waals surface area (Å²) in [5.74, 6) is 0. The van der Waals surface area contributed by atoms with Crippen LogP contribution in [0.25, 0.3) is 88.5 Å². The molecular formula is C54H35N3O. The number of anilines is 3. The Labute approximate surface area is 335 Å². The Morgan fingerprint density at radius 2 is 0.966 bits per heavy atom. The lowest BCUT2D eigenvalue weighted by molar-refractivity contribution is 0.669. The monoisotopic (exact) mass is 741 g/mol. The zero-order valence-corrected chi connectivity index (χ0v) is 31.5. The Hall–Kier alpha value is -7.82. The summed E-state index contributed by atoms with van der Waals surface area (Å²) in [5, 5.41) is 4.31. The number of nitrogens with zero attached hydrogens (tertiary/aromatic N) is 3. The van der Waals surface area contributed by atoms with Crippen LogP contribution < -0.4 is 4.90 Å². The van der Waals surface area contributed by atoms with Gasteiger partial charge in [-0.3, -0.25) is 0 Å². The highest BCUT2D eigenvalue weighted by molar-refractivity contribution is 6.17. The van der Waals surface area contributed by atoms with Crippen molar-refractivity contribution >= 4 is 60.8 Å². The SMILES string of the molecule is c1ccc(-c2ccc(N(c3ccccc3)c3ccc(-c4ccc5c(ccc6nc(-c7ccccc7)c(-c7ccccc7)nc65)c4)c4c3oc3ccccc34)cc2)cc1. The van der Waals surface area contributed by atoms with E-state index in [1.165, 1.54) is 11.1 Å². The minimum absolute atomic E-state index is 0.833. The molecule has 2 aromatic heterocycles. The van der Waals surface area contributed by atoms with Crippen molar-refractivity contribution in [2.24, 2.45) is 0 Å². The first-order valence-electron chi connectivity index (χ1n) is 19.6. The van der Waals surface area contributed by atoms with Crippen molar-refractivity contribution in [1.82, 2.24) is 9.97 Å². The summed E-state index contributed by atoms with van der Waals surface area (Å²) >= 11 is 0. The molecule has 0 aliphatic heterocycles. The van der Waals surface area contributed by atoms with E-state index < -0.39 is 0 Å². The van der Waals surface area contributed by atoms with Gasteiger partial charge in [-0.15, -0.1) is 0 Å². The van der Waals surface area contributed by atoms with Gasteiger partial charge >= 0.3 is 0 Å². The molecule has 0 radical (unpaired) electrons. The van der Waals surface area contributed by atoms with Crippen molar-refractivity contribution in [2.75, 3.05) is 4.90 Å². The largest absolute Gasteiger partial charge is 0.454 e. The molecule has 0 aliphatic carbocycles. The van der Waals surface area contributed by atoms with Gasteiger partial charge in [0.15, 0.2) is 5.58 Å². The van der Waals surface area contributed by atoms with Gasteiger partial charge in [-0.05, 0) is 76.2 Å². The third-order valence-corrected chi connectivity index (χ3v) is 11.0. The standard InChI is InChI=1S/C54H35N3O/c1-5-15-36(16-6-1)37-25-29-43(30-26-37)57(42-21-11-4-12-22-42)48-34-32-44(50-46-23-13-14-24-49(46)58-54(48)50)40-27-31-45-41(35-40)28-33-47-53(45)56-52(39-19-9-3-10-20-39)51(55-47)38-17-7-2-8-18-38/h1-35H. The van der Waals surface area contributed by atoms with Crippen LogP contribution >= 0.6 is 0 Å². The van der Waals surface area contributed by atoms with Crippen LogP contribution in [0.2, 0.25) is 0 Å². The highest BCUT2D eigenvalue weighted by Crippen LogP contribution is 2.46. The molecule has 11 aromatic rings. The molecule has 11 rings (SSSR count). The second kappa shape index (κ2) is 14.0. The predicted octanol–water partition coefficient (Wildman–Crippen LogP) is 14.8. The van der Waals surface area contributed by atoms with Crippen LogP contribution in [-0.4, -0.2) is 9.97 Å². The lowest BCUT2D eigenvalue weighted by Crippen LogP contribution is -2.10. The number of rotatable bonds is 7. The highest BCUT2D eigenvalue weighted by Gasteiger charge is 2.23. The van der Waals surface area contributed by atoms with Gasteiger partial charge in [-0.25, -0.2) is 9.97 Å². The van der Waals surface area contributed by atoms with Crippen LogP contribution in [0.15, 0.2) is 217 Å². The molecule has 0 atom stereocenters.